The largest absolute Gasteiger partial charge is 0.492 e. The zero-order valence-corrected chi connectivity index (χ0v) is 10.3. The van der Waals surface area contributed by atoms with E-state index in [-0.39, 0.29) is 13.2 Å². The molecule has 0 saturated heterocycles. The lowest BCUT2D eigenvalue weighted by Gasteiger charge is -2.18. The normalized spacial score (nSPS) is 11.2. The van der Waals surface area contributed by atoms with E-state index in [4.69, 9.17) is 16.3 Å². The van der Waals surface area contributed by atoms with E-state index in [1.807, 2.05) is 0 Å². The average molecular weight is 282 g/mol. The Bertz CT molecular complexity index is 423. The third-order valence-corrected chi connectivity index (χ3v) is 2.32. The molecular weight excluding hydrogens is 271 g/mol. The Balaban J connectivity index is 2.40. The molecule has 0 unspecified atom stereocenters. The molecule has 0 aliphatic rings. The van der Waals surface area contributed by atoms with Crippen molar-refractivity contribution in [2.45, 2.75) is 6.18 Å². The van der Waals surface area contributed by atoms with Gasteiger partial charge in [-0.15, -0.1) is 0 Å². The molecule has 100 valence electrons. The van der Waals surface area contributed by atoms with E-state index in [2.05, 4.69) is 0 Å². The van der Waals surface area contributed by atoms with Crippen molar-refractivity contribution < 1.29 is 22.7 Å². The molecule has 18 heavy (non-hydrogen) atoms. The van der Waals surface area contributed by atoms with Crippen LogP contribution in [-0.2, 0) is 4.79 Å². The number of hydrogen-bond acceptors (Lipinski definition) is 2. The van der Waals surface area contributed by atoms with Gasteiger partial charge >= 0.3 is 12.1 Å². The summed E-state index contributed by atoms with van der Waals surface area (Å²) in [6.07, 6.45) is -4.86. The molecule has 1 amide bonds. The zero-order valence-electron chi connectivity index (χ0n) is 9.50. The molecule has 0 heterocycles. The molecule has 7 heteroatoms. The molecule has 0 aliphatic carbocycles. The van der Waals surface area contributed by atoms with E-state index < -0.39 is 12.1 Å². The summed E-state index contributed by atoms with van der Waals surface area (Å²) in [6.45, 7) is -0.205. The Kier molecular flexibility index (Phi) is 4.84. The van der Waals surface area contributed by atoms with Gasteiger partial charge in [-0.1, -0.05) is 17.7 Å². The number of rotatable bonds is 4. The van der Waals surface area contributed by atoms with E-state index in [0.717, 1.165) is 7.05 Å². The highest BCUT2D eigenvalue weighted by molar-refractivity contribution is 6.30. The molecule has 0 aromatic heterocycles. The fourth-order valence-electron chi connectivity index (χ4n) is 1.18. The lowest BCUT2D eigenvalue weighted by atomic mass is 10.3. The first-order valence-corrected chi connectivity index (χ1v) is 5.39. The van der Waals surface area contributed by atoms with Crippen LogP contribution < -0.4 is 4.74 Å². The van der Waals surface area contributed by atoms with Gasteiger partial charge in [0.05, 0.1) is 6.54 Å². The highest BCUT2D eigenvalue weighted by Crippen LogP contribution is 2.18. The molecule has 0 aliphatic heterocycles. The van der Waals surface area contributed by atoms with Gasteiger partial charge in [-0.05, 0) is 18.2 Å². The lowest BCUT2D eigenvalue weighted by Crippen LogP contribution is -2.40. The van der Waals surface area contributed by atoms with Crippen LogP contribution in [0, 0.1) is 0 Å². The van der Waals surface area contributed by atoms with Crippen LogP contribution in [0.3, 0.4) is 0 Å². The van der Waals surface area contributed by atoms with Crippen LogP contribution >= 0.6 is 11.6 Å². The smallest absolute Gasteiger partial charge is 0.471 e. The third kappa shape index (κ3) is 4.44. The van der Waals surface area contributed by atoms with Crippen LogP contribution in [0.2, 0.25) is 5.02 Å². The quantitative estimate of drug-likeness (QED) is 0.849. The second-order valence-electron chi connectivity index (χ2n) is 3.53. The summed E-state index contributed by atoms with van der Waals surface area (Å²) >= 11 is 5.70. The van der Waals surface area contributed by atoms with Crippen molar-refractivity contribution in [2.24, 2.45) is 0 Å². The van der Waals surface area contributed by atoms with Gasteiger partial charge in [0.25, 0.3) is 0 Å². The minimum absolute atomic E-state index is 0.0430. The number of carbonyl (C=O) groups excluding carboxylic acids is 1. The van der Waals surface area contributed by atoms with Gasteiger partial charge in [0.2, 0.25) is 0 Å². The first-order chi connectivity index (χ1) is 8.30. The molecule has 0 fully saturated rings. The van der Waals surface area contributed by atoms with Gasteiger partial charge in [0, 0.05) is 12.1 Å². The third-order valence-electron chi connectivity index (χ3n) is 2.08. The number of amides is 1. The standard InChI is InChI=1S/C11H11ClF3NO2/c1-16(10(17)11(13,14)15)5-6-18-9-4-2-3-8(12)7-9/h2-4,7H,5-6H2,1H3. The first kappa shape index (κ1) is 14.6. The average Bonchev–Trinajstić information content (AvgIpc) is 2.26. The summed E-state index contributed by atoms with van der Waals surface area (Å²) in [6, 6.07) is 6.46. The van der Waals surface area contributed by atoms with Crippen molar-refractivity contribution in [1.82, 2.24) is 4.90 Å². The van der Waals surface area contributed by atoms with Crippen LogP contribution in [0.5, 0.6) is 5.75 Å². The van der Waals surface area contributed by atoms with Gasteiger partial charge in [0.15, 0.2) is 0 Å². The van der Waals surface area contributed by atoms with Crippen molar-refractivity contribution in [3.63, 3.8) is 0 Å². The number of carbonyl (C=O) groups is 1. The number of benzene rings is 1. The predicted octanol–water partition coefficient (Wildman–Crippen LogP) is 2.74. The first-order valence-electron chi connectivity index (χ1n) is 5.01. The molecule has 1 aromatic rings. The van der Waals surface area contributed by atoms with Gasteiger partial charge in [0.1, 0.15) is 12.4 Å². The highest BCUT2D eigenvalue weighted by Gasteiger charge is 2.40. The molecule has 1 rings (SSSR count). The Morgan fingerprint density at radius 2 is 2.11 bits per heavy atom. The van der Waals surface area contributed by atoms with Crippen LogP contribution in [0.1, 0.15) is 0 Å². The summed E-state index contributed by atoms with van der Waals surface area (Å²) < 4.78 is 41.3. The molecule has 1 aromatic carbocycles. The van der Waals surface area contributed by atoms with Crippen molar-refractivity contribution in [2.75, 3.05) is 20.2 Å². The molecule has 0 atom stereocenters. The number of alkyl halides is 3. The summed E-state index contributed by atoms with van der Waals surface area (Å²) in [5.74, 6) is -1.45. The number of halogens is 4. The van der Waals surface area contributed by atoms with Gasteiger partial charge in [-0.3, -0.25) is 4.79 Å². The maximum atomic E-state index is 12.1. The van der Waals surface area contributed by atoms with E-state index >= 15 is 0 Å². The van der Waals surface area contributed by atoms with E-state index in [1.165, 1.54) is 6.07 Å². The highest BCUT2D eigenvalue weighted by atomic mass is 35.5. The maximum absolute atomic E-state index is 12.1. The van der Waals surface area contributed by atoms with Gasteiger partial charge in [-0.25, -0.2) is 0 Å². The molecule has 0 spiro atoms. The van der Waals surface area contributed by atoms with Crippen LogP contribution in [-0.4, -0.2) is 37.2 Å². The van der Waals surface area contributed by atoms with Gasteiger partial charge < -0.3 is 9.64 Å². The molecular formula is C11H11ClF3NO2. The number of hydrogen-bond donors (Lipinski definition) is 0. The molecule has 0 bridgehead atoms. The molecule has 3 nitrogen and oxygen atoms in total. The Morgan fingerprint density at radius 3 is 2.67 bits per heavy atom. The fourth-order valence-corrected chi connectivity index (χ4v) is 1.36. The number of nitrogens with zero attached hydrogens (tertiary/aromatic N) is 1. The lowest BCUT2D eigenvalue weighted by molar-refractivity contribution is -0.184. The van der Waals surface area contributed by atoms with E-state index in [0.29, 0.717) is 15.7 Å². The predicted molar refractivity (Wildman–Crippen MR) is 60.6 cm³/mol. The summed E-state index contributed by atoms with van der Waals surface area (Å²) in [5.41, 5.74) is 0. The molecule has 0 radical (unpaired) electrons. The summed E-state index contributed by atoms with van der Waals surface area (Å²) in [5, 5.41) is 0.465. The minimum atomic E-state index is -4.86. The number of likely N-dealkylation sites (N-methyl/N-ethyl adjacent to an activating group) is 1. The fraction of sp³-hybridized carbons (Fsp3) is 0.364. The van der Waals surface area contributed by atoms with Crippen LogP contribution in [0.4, 0.5) is 13.2 Å². The second kappa shape index (κ2) is 5.95. The maximum Gasteiger partial charge on any atom is 0.471 e. The van der Waals surface area contributed by atoms with Crippen molar-refractivity contribution in [3.8, 4) is 5.75 Å². The Morgan fingerprint density at radius 1 is 1.44 bits per heavy atom. The summed E-state index contributed by atoms with van der Waals surface area (Å²) in [4.78, 5) is 11.3. The van der Waals surface area contributed by atoms with Crippen molar-refractivity contribution >= 4 is 17.5 Å². The second-order valence-corrected chi connectivity index (χ2v) is 3.97. The van der Waals surface area contributed by atoms with Crippen LogP contribution in [0.25, 0.3) is 0 Å². The molecule has 0 N–H and O–H groups in total. The zero-order chi connectivity index (χ0) is 13.8. The Labute approximate surface area is 107 Å². The van der Waals surface area contributed by atoms with Gasteiger partial charge in [-0.2, -0.15) is 13.2 Å². The van der Waals surface area contributed by atoms with Crippen molar-refractivity contribution in [1.29, 1.82) is 0 Å². The van der Waals surface area contributed by atoms with E-state index in [9.17, 15) is 18.0 Å². The topological polar surface area (TPSA) is 29.5 Å². The molecule has 0 saturated carbocycles. The number of ether oxygens (including phenoxy) is 1. The summed E-state index contributed by atoms with van der Waals surface area (Å²) in [7, 11) is 1.07. The SMILES string of the molecule is CN(CCOc1cccc(Cl)c1)C(=O)C(F)(F)F. The Hall–Kier alpha value is -1.43. The van der Waals surface area contributed by atoms with E-state index in [1.54, 1.807) is 18.2 Å². The van der Waals surface area contributed by atoms with Crippen molar-refractivity contribution in [3.05, 3.63) is 29.3 Å². The monoisotopic (exact) mass is 281 g/mol. The van der Waals surface area contributed by atoms with Crippen LogP contribution in [0.15, 0.2) is 24.3 Å². The minimum Gasteiger partial charge on any atom is -0.492 e.